The molecule has 25 heavy (non-hydrogen) atoms. The number of aliphatic hydroxyl groups is 1. The molecule has 0 bridgehead atoms. The van der Waals surface area contributed by atoms with Crippen LogP contribution >= 0.6 is 0 Å². The van der Waals surface area contributed by atoms with Gasteiger partial charge in [-0.2, -0.15) is 0 Å². The molecule has 1 heterocycles. The van der Waals surface area contributed by atoms with Crippen LogP contribution in [0.3, 0.4) is 0 Å². The van der Waals surface area contributed by atoms with E-state index in [0.29, 0.717) is 5.92 Å². The van der Waals surface area contributed by atoms with E-state index in [1.807, 2.05) is 6.92 Å². The summed E-state index contributed by atoms with van der Waals surface area (Å²) in [5.41, 5.74) is 8.20. The molecule has 136 valence electrons. The highest BCUT2D eigenvalue weighted by Crippen LogP contribution is 2.36. The van der Waals surface area contributed by atoms with Crippen molar-refractivity contribution in [3.8, 4) is 11.1 Å². The van der Waals surface area contributed by atoms with Crippen molar-refractivity contribution in [1.29, 1.82) is 0 Å². The van der Waals surface area contributed by atoms with Crippen LogP contribution < -0.4 is 0 Å². The summed E-state index contributed by atoms with van der Waals surface area (Å²) < 4.78 is 0. The van der Waals surface area contributed by atoms with E-state index < -0.39 is 0 Å². The number of hydrogen-bond donors (Lipinski definition) is 1. The third-order valence-corrected chi connectivity index (χ3v) is 4.50. The topological polar surface area (TPSA) is 33.1 Å². The average molecular weight is 340 g/mol. The monoisotopic (exact) mass is 339 g/mol. The normalized spacial score (nSPS) is 12.0. The van der Waals surface area contributed by atoms with Crippen LogP contribution in [0.15, 0.2) is 24.3 Å². The summed E-state index contributed by atoms with van der Waals surface area (Å²) in [6.07, 6.45) is 1.93. The molecule has 2 nitrogen and oxygen atoms in total. The van der Waals surface area contributed by atoms with Gasteiger partial charge in [0.05, 0.1) is 6.61 Å². The van der Waals surface area contributed by atoms with Crippen LogP contribution in [0.4, 0.5) is 0 Å². The molecule has 0 amide bonds. The Morgan fingerprint density at radius 3 is 2.08 bits per heavy atom. The van der Waals surface area contributed by atoms with Crippen molar-refractivity contribution in [2.75, 3.05) is 0 Å². The van der Waals surface area contributed by atoms with Gasteiger partial charge in [0.25, 0.3) is 0 Å². The zero-order chi connectivity index (χ0) is 18.8. The van der Waals surface area contributed by atoms with Gasteiger partial charge in [0.15, 0.2) is 0 Å². The molecule has 1 aromatic heterocycles. The Morgan fingerprint density at radius 2 is 1.60 bits per heavy atom. The maximum absolute atomic E-state index is 10.1. The van der Waals surface area contributed by atoms with Gasteiger partial charge in [-0.05, 0) is 54.7 Å². The molecule has 0 radical (unpaired) electrons. The maximum atomic E-state index is 10.1. The van der Waals surface area contributed by atoms with Crippen LogP contribution in [-0.4, -0.2) is 10.1 Å². The molecule has 0 unspecified atom stereocenters. The molecule has 0 aliphatic carbocycles. The first-order valence-corrected chi connectivity index (χ1v) is 9.31. The summed E-state index contributed by atoms with van der Waals surface area (Å²) in [5.74, 6) is 0.552. The zero-order valence-electron chi connectivity index (χ0n) is 16.9. The fourth-order valence-electron chi connectivity index (χ4n) is 3.38. The third-order valence-electron chi connectivity index (χ3n) is 4.50. The summed E-state index contributed by atoms with van der Waals surface area (Å²) in [6.45, 7) is 15.4. The standard InChI is InChI=1S/C23H33NO/c1-15(2)12-21-19(13-23(5,6)7)22(20(14-25)17(4)24-21)18-10-8-16(3)9-11-18/h8-11,15,25H,12-14H2,1-7H3. The average Bonchev–Trinajstić information content (AvgIpc) is 2.48. The minimum absolute atomic E-state index is 0.0289. The molecule has 1 aromatic carbocycles. The summed E-state index contributed by atoms with van der Waals surface area (Å²) >= 11 is 0. The lowest BCUT2D eigenvalue weighted by Gasteiger charge is -2.26. The molecular formula is C23H33NO. The van der Waals surface area contributed by atoms with Crippen molar-refractivity contribution in [3.63, 3.8) is 0 Å². The van der Waals surface area contributed by atoms with Crippen molar-refractivity contribution in [1.82, 2.24) is 4.98 Å². The van der Waals surface area contributed by atoms with Crippen LogP contribution in [0.1, 0.15) is 62.7 Å². The van der Waals surface area contributed by atoms with E-state index in [-0.39, 0.29) is 12.0 Å². The molecule has 1 N–H and O–H groups in total. The predicted molar refractivity (Wildman–Crippen MR) is 107 cm³/mol. The molecule has 2 heteroatoms. The summed E-state index contributed by atoms with van der Waals surface area (Å²) in [7, 11) is 0. The number of nitrogens with zero attached hydrogens (tertiary/aromatic N) is 1. The predicted octanol–water partition coefficient (Wildman–Crippen LogP) is 5.64. The second-order valence-electron chi connectivity index (χ2n) is 8.84. The van der Waals surface area contributed by atoms with Gasteiger partial charge in [-0.25, -0.2) is 0 Å². The minimum atomic E-state index is 0.0289. The first-order chi connectivity index (χ1) is 11.6. The van der Waals surface area contributed by atoms with Crippen molar-refractivity contribution in [2.24, 2.45) is 11.3 Å². The molecule has 0 saturated carbocycles. The maximum Gasteiger partial charge on any atom is 0.0705 e. The van der Waals surface area contributed by atoms with Gasteiger partial charge < -0.3 is 5.11 Å². The molecular weight excluding hydrogens is 306 g/mol. The van der Waals surface area contributed by atoms with E-state index in [9.17, 15) is 5.11 Å². The van der Waals surface area contributed by atoms with Gasteiger partial charge >= 0.3 is 0 Å². The Kier molecular flexibility index (Phi) is 6.05. The van der Waals surface area contributed by atoms with Gasteiger partial charge in [0, 0.05) is 17.0 Å². The number of hydrogen-bond acceptors (Lipinski definition) is 2. The highest BCUT2D eigenvalue weighted by molar-refractivity contribution is 5.73. The van der Waals surface area contributed by atoms with Crippen molar-refractivity contribution in [3.05, 3.63) is 52.3 Å². The summed E-state index contributed by atoms with van der Waals surface area (Å²) in [6, 6.07) is 8.65. The quantitative estimate of drug-likeness (QED) is 0.764. The number of aliphatic hydroxyl groups excluding tert-OH is 1. The number of pyridine rings is 1. The van der Waals surface area contributed by atoms with E-state index in [2.05, 4.69) is 65.8 Å². The van der Waals surface area contributed by atoms with E-state index >= 15 is 0 Å². The number of aryl methyl sites for hydroxylation is 2. The van der Waals surface area contributed by atoms with Gasteiger partial charge in [0.2, 0.25) is 0 Å². The fourth-order valence-corrected chi connectivity index (χ4v) is 3.38. The molecule has 2 rings (SSSR count). The van der Waals surface area contributed by atoms with Gasteiger partial charge in [-0.3, -0.25) is 4.98 Å². The second kappa shape index (κ2) is 7.70. The SMILES string of the molecule is Cc1ccc(-c2c(CO)c(C)nc(CC(C)C)c2CC(C)(C)C)cc1. The third kappa shape index (κ3) is 4.92. The van der Waals surface area contributed by atoms with Gasteiger partial charge in [0.1, 0.15) is 0 Å². The molecule has 2 aromatic rings. The Hall–Kier alpha value is -1.67. The van der Waals surface area contributed by atoms with Gasteiger partial charge in [-0.1, -0.05) is 64.4 Å². The molecule has 0 atom stereocenters. The molecule has 0 spiro atoms. The lowest BCUT2D eigenvalue weighted by molar-refractivity contribution is 0.280. The van der Waals surface area contributed by atoms with Crippen LogP contribution in [0, 0.1) is 25.2 Å². The first-order valence-electron chi connectivity index (χ1n) is 9.31. The van der Waals surface area contributed by atoms with E-state index in [0.717, 1.165) is 24.1 Å². The van der Waals surface area contributed by atoms with Crippen LogP contribution in [0.25, 0.3) is 11.1 Å². The number of benzene rings is 1. The molecule has 0 aliphatic rings. The summed E-state index contributed by atoms with van der Waals surface area (Å²) in [5, 5.41) is 10.1. The Balaban J connectivity index is 2.78. The van der Waals surface area contributed by atoms with E-state index in [4.69, 9.17) is 4.98 Å². The summed E-state index contributed by atoms with van der Waals surface area (Å²) in [4.78, 5) is 4.91. The number of aromatic nitrogens is 1. The van der Waals surface area contributed by atoms with Crippen LogP contribution in [0.2, 0.25) is 0 Å². The first kappa shape index (κ1) is 19.7. The van der Waals surface area contributed by atoms with E-state index in [1.165, 1.54) is 27.9 Å². The van der Waals surface area contributed by atoms with Crippen molar-refractivity contribution < 1.29 is 5.11 Å². The van der Waals surface area contributed by atoms with Crippen molar-refractivity contribution >= 4 is 0 Å². The Morgan fingerprint density at radius 1 is 1.00 bits per heavy atom. The lowest BCUT2D eigenvalue weighted by atomic mass is 9.81. The second-order valence-corrected chi connectivity index (χ2v) is 8.84. The minimum Gasteiger partial charge on any atom is -0.392 e. The smallest absolute Gasteiger partial charge is 0.0705 e. The van der Waals surface area contributed by atoms with Gasteiger partial charge in [-0.15, -0.1) is 0 Å². The van der Waals surface area contributed by atoms with Crippen molar-refractivity contribution in [2.45, 2.75) is 67.9 Å². The highest BCUT2D eigenvalue weighted by Gasteiger charge is 2.23. The Labute approximate surface area is 153 Å². The van der Waals surface area contributed by atoms with E-state index in [1.54, 1.807) is 0 Å². The number of rotatable bonds is 5. The zero-order valence-corrected chi connectivity index (χ0v) is 16.9. The largest absolute Gasteiger partial charge is 0.392 e. The Bertz CT molecular complexity index is 721. The highest BCUT2D eigenvalue weighted by atomic mass is 16.3. The lowest BCUT2D eigenvalue weighted by Crippen LogP contribution is -2.16. The van der Waals surface area contributed by atoms with Crippen LogP contribution in [0.5, 0.6) is 0 Å². The molecule has 0 aliphatic heterocycles. The van der Waals surface area contributed by atoms with Crippen LogP contribution in [-0.2, 0) is 19.4 Å². The molecule has 0 saturated heterocycles. The fraction of sp³-hybridized carbons (Fsp3) is 0.522. The molecule has 0 fully saturated rings.